The monoisotopic (exact) mass is 479 g/mol. The van der Waals surface area contributed by atoms with Gasteiger partial charge in [0.05, 0.1) is 28.7 Å². The average Bonchev–Trinajstić information content (AvgIpc) is 2.91. The maximum Gasteiger partial charge on any atom is 0.269 e. The summed E-state index contributed by atoms with van der Waals surface area (Å²) >= 11 is 0. The molecule has 36 heavy (non-hydrogen) atoms. The lowest BCUT2D eigenvalue weighted by atomic mass is 10.0. The number of pyridine rings is 1. The minimum atomic E-state index is -0.453. The van der Waals surface area contributed by atoms with E-state index >= 15 is 0 Å². The summed E-state index contributed by atoms with van der Waals surface area (Å²) in [7, 11) is 0. The Bertz CT molecular complexity index is 1440. The minimum absolute atomic E-state index is 0.0155. The van der Waals surface area contributed by atoms with Crippen molar-refractivity contribution in [1.82, 2.24) is 4.98 Å². The maximum absolute atomic E-state index is 11.0. The molecule has 0 spiro atoms. The highest BCUT2D eigenvalue weighted by Crippen LogP contribution is 2.31. The van der Waals surface area contributed by atoms with Crippen LogP contribution in [0.1, 0.15) is 56.6 Å². The standard InChI is InChI=1S/C30H29N3O3/c1-2-3-4-5-6-9-18-36-30-25(20-26(21-31)22-14-16-27(17-15-22)33(34)35)19-24-13-12-23-10-7-8-11-28(23)29(24)32-30/h7-8,10-17,19-20H,2-6,9,18H2,1H3/b26-20+. The molecule has 4 rings (SSSR count). The van der Waals surface area contributed by atoms with Crippen molar-refractivity contribution in [2.75, 3.05) is 6.61 Å². The lowest BCUT2D eigenvalue weighted by Crippen LogP contribution is -2.02. The zero-order valence-electron chi connectivity index (χ0n) is 20.4. The molecule has 3 aromatic carbocycles. The Labute approximate surface area is 211 Å². The number of aromatic nitrogens is 1. The van der Waals surface area contributed by atoms with Crippen LogP contribution < -0.4 is 4.74 Å². The number of benzene rings is 3. The lowest BCUT2D eigenvalue weighted by Gasteiger charge is -2.12. The first-order valence-electron chi connectivity index (χ1n) is 12.4. The van der Waals surface area contributed by atoms with Crippen LogP contribution in [0.2, 0.25) is 0 Å². The van der Waals surface area contributed by atoms with Crippen LogP contribution in [0.5, 0.6) is 5.88 Å². The second-order valence-corrected chi connectivity index (χ2v) is 8.83. The zero-order chi connectivity index (χ0) is 25.3. The number of unbranched alkanes of at least 4 members (excludes halogenated alkanes) is 5. The van der Waals surface area contributed by atoms with Crippen LogP contribution in [0.25, 0.3) is 33.3 Å². The average molecular weight is 480 g/mol. The summed E-state index contributed by atoms with van der Waals surface area (Å²) in [5, 5.41) is 24.0. The third-order valence-corrected chi connectivity index (χ3v) is 6.25. The van der Waals surface area contributed by atoms with Crippen LogP contribution in [0.15, 0.2) is 66.7 Å². The van der Waals surface area contributed by atoms with E-state index in [0.717, 1.165) is 34.5 Å². The first-order valence-corrected chi connectivity index (χ1v) is 12.4. The van der Waals surface area contributed by atoms with Gasteiger partial charge in [-0.15, -0.1) is 0 Å². The Balaban J connectivity index is 1.69. The van der Waals surface area contributed by atoms with Crippen LogP contribution in [0, 0.1) is 21.4 Å². The largest absolute Gasteiger partial charge is 0.477 e. The molecule has 0 bridgehead atoms. The summed E-state index contributed by atoms with van der Waals surface area (Å²) in [6, 6.07) is 22.4. The molecule has 0 aliphatic rings. The molecule has 0 radical (unpaired) electrons. The molecule has 0 saturated heterocycles. The van der Waals surface area contributed by atoms with Gasteiger partial charge in [-0.25, -0.2) is 4.98 Å². The Morgan fingerprint density at radius 3 is 2.47 bits per heavy atom. The molecule has 0 saturated carbocycles. The second kappa shape index (κ2) is 11.9. The van der Waals surface area contributed by atoms with E-state index in [4.69, 9.17) is 9.72 Å². The normalized spacial score (nSPS) is 11.5. The van der Waals surface area contributed by atoms with Gasteiger partial charge in [-0.05, 0) is 41.6 Å². The molecule has 1 aromatic heterocycles. The summed E-state index contributed by atoms with van der Waals surface area (Å²) in [6.07, 6.45) is 8.71. The van der Waals surface area contributed by atoms with Gasteiger partial charge in [0.15, 0.2) is 0 Å². The number of ether oxygens (including phenoxy) is 1. The number of non-ortho nitro benzene ring substituents is 1. The quantitative estimate of drug-likeness (QED) is 0.0713. The molecule has 1 heterocycles. The number of fused-ring (bicyclic) bond motifs is 3. The zero-order valence-corrected chi connectivity index (χ0v) is 20.4. The second-order valence-electron chi connectivity index (χ2n) is 8.83. The maximum atomic E-state index is 11.0. The van der Waals surface area contributed by atoms with E-state index in [9.17, 15) is 15.4 Å². The summed E-state index contributed by atoms with van der Waals surface area (Å²) in [5.41, 5.74) is 2.54. The van der Waals surface area contributed by atoms with E-state index in [1.165, 1.54) is 37.8 Å². The van der Waals surface area contributed by atoms with E-state index in [1.54, 1.807) is 18.2 Å². The van der Waals surface area contributed by atoms with Crippen molar-refractivity contribution in [3.8, 4) is 11.9 Å². The number of nitriles is 1. The van der Waals surface area contributed by atoms with Crippen molar-refractivity contribution in [3.63, 3.8) is 0 Å². The van der Waals surface area contributed by atoms with E-state index < -0.39 is 4.92 Å². The van der Waals surface area contributed by atoms with Crippen LogP contribution in [-0.2, 0) is 0 Å². The summed E-state index contributed by atoms with van der Waals surface area (Å²) in [5.74, 6) is 0.488. The van der Waals surface area contributed by atoms with Crippen LogP contribution in [-0.4, -0.2) is 16.5 Å². The molecule has 6 heteroatoms. The topological polar surface area (TPSA) is 89.0 Å². The van der Waals surface area contributed by atoms with Crippen molar-refractivity contribution >= 4 is 39.0 Å². The first kappa shape index (κ1) is 24.9. The third kappa shape index (κ3) is 5.87. The molecule has 6 nitrogen and oxygen atoms in total. The van der Waals surface area contributed by atoms with Gasteiger partial charge in [0.2, 0.25) is 5.88 Å². The number of hydrogen-bond donors (Lipinski definition) is 0. The number of hydrogen-bond acceptors (Lipinski definition) is 5. The smallest absolute Gasteiger partial charge is 0.269 e. The van der Waals surface area contributed by atoms with Gasteiger partial charge in [-0.1, -0.05) is 75.4 Å². The highest BCUT2D eigenvalue weighted by Gasteiger charge is 2.13. The van der Waals surface area contributed by atoms with E-state index in [-0.39, 0.29) is 5.69 Å². The first-order chi connectivity index (χ1) is 17.6. The molecule has 0 unspecified atom stereocenters. The Morgan fingerprint density at radius 1 is 1.00 bits per heavy atom. The minimum Gasteiger partial charge on any atom is -0.477 e. The molecular weight excluding hydrogens is 450 g/mol. The fraction of sp³-hybridized carbons (Fsp3) is 0.267. The molecule has 0 fully saturated rings. The Kier molecular flexibility index (Phi) is 8.25. The summed E-state index contributed by atoms with van der Waals surface area (Å²) in [4.78, 5) is 15.5. The van der Waals surface area contributed by atoms with Crippen LogP contribution >= 0.6 is 0 Å². The fourth-order valence-corrected chi connectivity index (χ4v) is 4.28. The van der Waals surface area contributed by atoms with Crippen molar-refractivity contribution in [2.24, 2.45) is 0 Å². The third-order valence-electron chi connectivity index (χ3n) is 6.25. The number of rotatable bonds is 11. The fourth-order valence-electron chi connectivity index (χ4n) is 4.28. The summed E-state index contributed by atoms with van der Waals surface area (Å²) < 4.78 is 6.18. The van der Waals surface area contributed by atoms with Gasteiger partial charge in [-0.3, -0.25) is 10.1 Å². The molecule has 0 N–H and O–H groups in total. The van der Waals surface area contributed by atoms with Crippen molar-refractivity contribution in [2.45, 2.75) is 45.4 Å². The predicted molar refractivity (Wildman–Crippen MR) is 145 cm³/mol. The molecular formula is C30H29N3O3. The van der Waals surface area contributed by atoms with E-state index in [1.807, 2.05) is 24.3 Å². The highest BCUT2D eigenvalue weighted by molar-refractivity contribution is 6.06. The summed E-state index contributed by atoms with van der Waals surface area (Å²) in [6.45, 7) is 2.76. The van der Waals surface area contributed by atoms with Crippen LogP contribution in [0.3, 0.4) is 0 Å². The lowest BCUT2D eigenvalue weighted by molar-refractivity contribution is -0.384. The van der Waals surface area contributed by atoms with Gasteiger partial charge in [-0.2, -0.15) is 5.26 Å². The van der Waals surface area contributed by atoms with Crippen molar-refractivity contribution in [3.05, 3.63) is 88.0 Å². The van der Waals surface area contributed by atoms with Gasteiger partial charge >= 0.3 is 0 Å². The number of nitrogens with zero attached hydrogens (tertiary/aromatic N) is 3. The molecule has 0 aliphatic heterocycles. The predicted octanol–water partition coefficient (Wildman–Crippen LogP) is 8.10. The van der Waals surface area contributed by atoms with Crippen LogP contribution in [0.4, 0.5) is 5.69 Å². The van der Waals surface area contributed by atoms with E-state index in [0.29, 0.717) is 29.2 Å². The molecule has 182 valence electrons. The van der Waals surface area contributed by atoms with Crippen molar-refractivity contribution in [1.29, 1.82) is 5.26 Å². The Hall–Kier alpha value is -4.24. The molecule has 0 aliphatic carbocycles. The van der Waals surface area contributed by atoms with E-state index in [2.05, 4.69) is 31.2 Å². The van der Waals surface area contributed by atoms with Gasteiger partial charge in [0.25, 0.3) is 5.69 Å². The number of nitro benzene ring substituents is 1. The number of nitro groups is 1. The van der Waals surface area contributed by atoms with Gasteiger partial charge in [0, 0.05) is 28.5 Å². The van der Waals surface area contributed by atoms with Crippen molar-refractivity contribution < 1.29 is 9.66 Å². The van der Waals surface area contributed by atoms with Gasteiger partial charge < -0.3 is 4.74 Å². The molecule has 4 aromatic rings. The van der Waals surface area contributed by atoms with Gasteiger partial charge in [0.1, 0.15) is 0 Å². The SMILES string of the molecule is CCCCCCCCOc1nc2c(ccc3ccccc32)cc1/C=C(\C#N)c1ccc([N+](=O)[O-])cc1. The molecule has 0 atom stereocenters. The molecule has 0 amide bonds. The highest BCUT2D eigenvalue weighted by atomic mass is 16.6. The Morgan fingerprint density at radius 2 is 1.72 bits per heavy atom. The number of allylic oxidation sites excluding steroid dienone is 1.